The summed E-state index contributed by atoms with van der Waals surface area (Å²) in [4.78, 5) is 8.60. The first-order valence-electron chi connectivity index (χ1n) is 6.55. The number of hydrogen-bond acceptors (Lipinski definition) is 5. The molecule has 0 unspecified atom stereocenters. The number of ether oxygens (including phenoxy) is 1. The lowest BCUT2D eigenvalue weighted by molar-refractivity contribution is 0.329. The first-order valence-corrected chi connectivity index (χ1v) is 6.55. The van der Waals surface area contributed by atoms with Gasteiger partial charge in [-0.3, -0.25) is 0 Å². The Morgan fingerprint density at radius 2 is 2.06 bits per heavy atom. The minimum absolute atomic E-state index is 0.00987. The van der Waals surface area contributed by atoms with Gasteiger partial charge in [0.15, 0.2) is 0 Å². The van der Waals surface area contributed by atoms with E-state index in [1.807, 2.05) is 13.0 Å². The molecule has 0 aromatic carbocycles. The molecule has 0 spiro atoms. The van der Waals surface area contributed by atoms with E-state index in [2.05, 4.69) is 15.3 Å². The maximum Gasteiger partial charge on any atom is 0.218 e. The van der Waals surface area contributed by atoms with Gasteiger partial charge in [-0.05, 0) is 19.8 Å². The van der Waals surface area contributed by atoms with Crippen molar-refractivity contribution in [3.05, 3.63) is 11.9 Å². The van der Waals surface area contributed by atoms with Crippen molar-refractivity contribution in [2.75, 3.05) is 19.0 Å². The predicted octanol–water partition coefficient (Wildman–Crippen LogP) is 1.87. The lowest BCUT2D eigenvalue weighted by atomic mass is 9.81. The summed E-state index contributed by atoms with van der Waals surface area (Å²) in [5.74, 6) is 2.11. The monoisotopic (exact) mass is 250 g/mol. The quantitative estimate of drug-likeness (QED) is 0.853. The van der Waals surface area contributed by atoms with Gasteiger partial charge in [-0.1, -0.05) is 19.3 Å². The molecule has 0 amide bonds. The summed E-state index contributed by atoms with van der Waals surface area (Å²) >= 11 is 0. The number of hydrogen-bond donors (Lipinski definition) is 2. The van der Waals surface area contributed by atoms with Gasteiger partial charge in [0.1, 0.15) is 11.6 Å². The highest BCUT2D eigenvalue weighted by Crippen LogP contribution is 2.30. The molecule has 0 saturated heterocycles. The lowest BCUT2D eigenvalue weighted by Crippen LogP contribution is -2.47. The van der Waals surface area contributed by atoms with E-state index in [0.29, 0.717) is 18.2 Å². The highest BCUT2D eigenvalue weighted by molar-refractivity contribution is 5.41. The Balaban J connectivity index is 2.18. The fraction of sp³-hybridized carbons (Fsp3) is 0.692. The highest BCUT2D eigenvalue weighted by atomic mass is 16.5. The van der Waals surface area contributed by atoms with E-state index in [1.165, 1.54) is 19.3 Å². The summed E-state index contributed by atoms with van der Waals surface area (Å²) in [5, 5.41) is 3.50. The zero-order chi connectivity index (χ0) is 13.0. The largest absolute Gasteiger partial charge is 0.481 e. The second kappa shape index (κ2) is 5.52. The van der Waals surface area contributed by atoms with Crippen molar-refractivity contribution in [3.63, 3.8) is 0 Å². The molecule has 1 heterocycles. The minimum Gasteiger partial charge on any atom is -0.481 e. The van der Waals surface area contributed by atoms with Crippen LogP contribution >= 0.6 is 0 Å². The Bertz CT molecular complexity index is 402. The van der Waals surface area contributed by atoms with Crippen LogP contribution in [0.4, 0.5) is 5.82 Å². The number of aromatic nitrogens is 2. The van der Waals surface area contributed by atoms with Crippen molar-refractivity contribution >= 4 is 5.82 Å². The summed E-state index contributed by atoms with van der Waals surface area (Å²) in [6, 6.07) is 1.83. The first-order chi connectivity index (χ1) is 8.67. The van der Waals surface area contributed by atoms with Gasteiger partial charge in [0.25, 0.3) is 0 Å². The van der Waals surface area contributed by atoms with Crippen molar-refractivity contribution < 1.29 is 4.74 Å². The molecular formula is C13H22N4O. The number of aryl methyl sites for hydroxylation is 1. The van der Waals surface area contributed by atoms with E-state index in [1.54, 1.807) is 7.11 Å². The Morgan fingerprint density at radius 3 is 2.67 bits per heavy atom. The van der Waals surface area contributed by atoms with Crippen LogP contribution < -0.4 is 15.8 Å². The first kappa shape index (κ1) is 13.1. The molecule has 0 radical (unpaired) electrons. The summed E-state index contributed by atoms with van der Waals surface area (Å²) in [7, 11) is 1.62. The van der Waals surface area contributed by atoms with Gasteiger partial charge in [-0.25, -0.2) is 4.98 Å². The summed E-state index contributed by atoms with van der Waals surface area (Å²) in [6.07, 6.45) is 5.97. The zero-order valence-electron chi connectivity index (χ0n) is 11.2. The average Bonchev–Trinajstić information content (AvgIpc) is 2.39. The van der Waals surface area contributed by atoms with Crippen LogP contribution in [0.25, 0.3) is 0 Å². The van der Waals surface area contributed by atoms with Crippen LogP contribution in [0.3, 0.4) is 0 Å². The smallest absolute Gasteiger partial charge is 0.218 e. The van der Waals surface area contributed by atoms with Gasteiger partial charge < -0.3 is 15.8 Å². The standard InChI is InChI=1S/C13H22N4O/c1-10-15-11(8-12(16-10)18-2)17-13(9-14)6-4-3-5-7-13/h8H,3-7,9,14H2,1-2H3,(H,15,16,17). The summed E-state index contributed by atoms with van der Waals surface area (Å²) in [5.41, 5.74) is 5.95. The van der Waals surface area contributed by atoms with Gasteiger partial charge in [-0.2, -0.15) is 4.98 Å². The highest BCUT2D eigenvalue weighted by Gasteiger charge is 2.30. The molecule has 1 saturated carbocycles. The molecular weight excluding hydrogens is 228 g/mol. The van der Waals surface area contributed by atoms with E-state index in [0.717, 1.165) is 18.7 Å². The van der Waals surface area contributed by atoms with Gasteiger partial charge in [0.05, 0.1) is 12.6 Å². The van der Waals surface area contributed by atoms with Crippen molar-refractivity contribution in [2.24, 2.45) is 5.73 Å². The molecule has 0 atom stereocenters. The normalized spacial score (nSPS) is 18.4. The van der Waals surface area contributed by atoms with Gasteiger partial charge in [0, 0.05) is 12.6 Å². The molecule has 1 aromatic heterocycles. The average molecular weight is 250 g/mol. The molecule has 18 heavy (non-hydrogen) atoms. The van der Waals surface area contributed by atoms with Gasteiger partial charge in [0.2, 0.25) is 5.88 Å². The van der Waals surface area contributed by atoms with Crippen LogP contribution in [0, 0.1) is 6.92 Å². The number of nitrogens with one attached hydrogen (secondary N) is 1. The van der Waals surface area contributed by atoms with Crippen molar-refractivity contribution in [3.8, 4) is 5.88 Å². The topological polar surface area (TPSA) is 73.1 Å². The number of nitrogens with two attached hydrogens (primary N) is 1. The molecule has 1 aromatic rings. The van der Waals surface area contributed by atoms with Crippen molar-refractivity contribution in [1.29, 1.82) is 0 Å². The Labute approximate surface area is 108 Å². The SMILES string of the molecule is COc1cc(NC2(CN)CCCCC2)nc(C)n1. The second-order valence-corrected chi connectivity index (χ2v) is 5.01. The van der Waals surface area contributed by atoms with Crippen LogP contribution in [0.1, 0.15) is 37.9 Å². The maximum absolute atomic E-state index is 5.96. The van der Waals surface area contributed by atoms with Crippen LogP contribution in [0.15, 0.2) is 6.07 Å². The van der Waals surface area contributed by atoms with Crippen LogP contribution in [0.5, 0.6) is 5.88 Å². The Hall–Kier alpha value is -1.36. The van der Waals surface area contributed by atoms with Crippen LogP contribution in [-0.4, -0.2) is 29.2 Å². The molecule has 1 fully saturated rings. The van der Waals surface area contributed by atoms with E-state index in [4.69, 9.17) is 10.5 Å². The van der Waals surface area contributed by atoms with E-state index in [-0.39, 0.29) is 5.54 Å². The zero-order valence-corrected chi connectivity index (χ0v) is 11.2. The lowest BCUT2D eigenvalue weighted by Gasteiger charge is -2.37. The molecule has 5 heteroatoms. The molecule has 2 rings (SSSR count). The molecule has 1 aliphatic carbocycles. The third kappa shape index (κ3) is 2.90. The fourth-order valence-electron chi connectivity index (χ4n) is 2.59. The minimum atomic E-state index is -0.00987. The number of rotatable bonds is 4. The Kier molecular flexibility index (Phi) is 4.01. The second-order valence-electron chi connectivity index (χ2n) is 5.01. The maximum atomic E-state index is 5.96. The van der Waals surface area contributed by atoms with Gasteiger partial charge in [-0.15, -0.1) is 0 Å². The number of nitrogens with zero attached hydrogens (tertiary/aromatic N) is 2. The molecule has 1 aliphatic rings. The molecule has 100 valence electrons. The third-order valence-electron chi connectivity index (χ3n) is 3.62. The molecule has 3 N–H and O–H groups in total. The van der Waals surface area contributed by atoms with Crippen LogP contribution in [0.2, 0.25) is 0 Å². The number of anilines is 1. The number of methoxy groups -OCH3 is 1. The summed E-state index contributed by atoms with van der Waals surface area (Å²) in [6.45, 7) is 2.50. The fourth-order valence-corrected chi connectivity index (χ4v) is 2.59. The van der Waals surface area contributed by atoms with Crippen molar-refractivity contribution in [2.45, 2.75) is 44.6 Å². The van der Waals surface area contributed by atoms with E-state index in [9.17, 15) is 0 Å². The van der Waals surface area contributed by atoms with Crippen LogP contribution in [-0.2, 0) is 0 Å². The van der Waals surface area contributed by atoms with Crippen molar-refractivity contribution in [1.82, 2.24) is 9.97 Å². The Morgan fingerprint density at radius 1 is 1.33 bits per heavy atom. The van der Waals surface area contributed by atoms with E-state index < -0.39 is 0 Å². The molecule has 5 nitrogen and oxygen atoms in total. The third-order valence-corrected chi connectivity index (χ3v) is 3.62. The van der Waals surface area contributed by atoms with Gasteiger partial charge >= 0.3 is 0 Å². The molecule has 0 bridgehead atoms. The summed E-state index contributed by atoms with van der Waals surface area (Å²) < 4.78 is 5.17. The molecule has 0 aliphatic heterocycles. The van der Waals surface area contributed by atoms with E-state index >= 15 is 0 Å². The predicted molar refractivity (Wildman–Crippen MR) is 71.8 cm³/mol.